The van der Waals surface area contributed by atoms with Crippen LogP contribution >= 0.6 is 11.6 Å². The molecule has 4 aliphatic heterocycles. The maximum Gasteiger partial charge on any atom is 0.238 e. The van der Waals surface area contributed by atoms with Crippen LogP contribution in [0.4, 0.5) is 0 Å². The fourth-order valence-corrected chi connectivity index (χ4v) is 6.99. The molecule has 0 radical (unpaired) electrons. The summed E-state index contributed by atoms with van der Waals surface area (Å²) < 4.78 is 0. The number of likely N-dealkylation sites (N-methyl/N-ethyl adjacent to an activating group) is 1. The molecule has 1 aliphatic carbocycles. The van der Waals surface area contributed by atoms with Crippen LogP contribution in [0.3, 0.4) is 0 Å². The fourth-order valence-electron chi connectivity index (χ4n) is 6.57. The fraction of sp³-hybridized carbons (Fsp3) is 0.952. The van der Waals surface area contributed by atoms with Crippen molar-refractivity contribution in [2.24, 2.45) is 11.8 Å². The summed E-state index contributed by atoms with van der Waals surface area (Å²) in [6.07, 6.45) is 7.53. The number of hydrogen-bond donors (Lipinski definition) is 6. The Morgan fingerprint density at radius 1 is 0.935 bits per heavy atom. The topological polar surface area (TPSA) is 95.7 Å². The number of carbonyl (C=O) groups is 1. The minimum absolute atomic E-state index is 0.0286. The molecule has 9 nitrogen and oxygen atoms in total. The van der Waals surface area contributed by atoms with Crippen LogP contribution in [0, 0.1) is 11.8 Å². The van der Waals surface area contributed by atoms with Crippen LogP contribution in [-0.4, -0.2) is 91.5 Å². The number of carbonyl (C=O) groups excluding carboxylic acids is 1. The van der Waals surface area contributed by atoms with Crippen LogP contribution in [0.15, 0.2) is 0 Å². The maximum absolute atomic E-state index is 13.2. The number of hydrazine groups is 2. The van der Waals surface area contributed by atoms with Gasteiger partial charge in [-0.2, -0.15) is 5.12 Å². The van der Waals surface area contributed by atoms with E-state index in [9.17, 15) is 4.79 Å². The molecule has 8 unspecified atom stereocenters. The van der Waals surface area contributed by atoms with E-state index in [1.807, 2.05) is 5.12 Å². The van der Waals surface area contributed by atoms with E-state index < -0.39 is 0 Å². The van der Waals surface area contributed by atoms with Gasteiger partial charge in [0.05, 0.1) is 11.5 Å². The van der Waals surface area contributed by atoms with E-state index in [2.05, 4.69) is 44.1 Å². The highest BCUT2D eigenvalue weighted by atomic mass is 35.5. The molecular formula is C21H39ClN8O. The zero-order valence-corrected chi connectivity index (χ0v) is 19.3. The Kier molecular flexibility index (Phi) is 7.02. The Balaban J connectivity index is 1.14. The molecule has 5 rings (SSSR count). The first-order valence-corrected chi connectivity index (χ1v) is 12.7. The summed E-state index contributed by atoms with van der Waals surface area (Å²) in [6, 6.07) is 0.607. The van der Waals surface area contributed by atoms with Crippen molar-refractivity contribution in [3.05, 3.63) is 0 Å². The number of piperidine rings is 2. The van der Waals surface area contributed by atoms with Crippen molar-refractivity contribution in [1.29, 1.82) is 0 Å². The summed E-state index contributed by atoms with van der Waals surface area (Å²) in [7, 11) is 2.12. The van der Waals surface area contributed by atoms with E-state index in [0.29, 0.717) is 18.1 Å². The number of amides is 1. The zero-order chi connectivity index (χ0) is 21.4. The first-order chi connectivity index (χ1) is 15.1. The standard InChI is InChI=1S/C21H39ClN8O/c1-29-18(12-25-19(29)15-4-2-6-17-14(15)5-3-7-23-17)21(31)28-13-10-16(22)20(24-11-13)30-26-8-9-27-30/h13-20,23-27H,2-12H2,1H3,(H,28,31). The second-order valence-electron chi connectivity index (χ2n) is 9.99. The summed E-state index contributed by atoms with van der Waals surface area (Å²) in [5.41, 5.74) is 6.57. The van der Waals surface area contributed by atoms with Crippen LogP contribution < -0.4 is 32.1 Å². The lowest BCUT2D eigenvalue weighted by Gasteiger charge is -2.46. The van der Waals surface area contributed by atoms with Crippen LogP contribution in [-0.2, 0) is 4.79 Å². The van der Waals surface area contributed by atoms with Gasteiger partial charge in [0.25, 0.3) is 0 Å². The highest BCUT2D eigenvalue weighted by molar-refractivity contribution is 6.21. The van der Waals surface area contributed by atoms with Gasteiger partial charge in [-0.1, -0.05) is 6.42 Å². The van der Waals surface area contributed by atoms with Gasteiger partial charge in [0.15, 0.2) is 0 Å². The van der Waals surface area contributed by atoms with E-state index in [-0.39, 0.29) is 29.5 Å². The second kappa shape index (κ2) is 9.77. The van der Waals surface area contributed by atoms with Gasteiger partial charge in [-0.15, -0.1) is 11.6 Å². The van der Waals surface area contributed by atoms with Crippen molar-refractivity contribution in [1.82, 2.24) is 42.1 Å². The smallest absolute Gasteiger partial charge is 0.238 e. The molecule has 31 heavy (non-hydrogen) atoms. The van der Waals surface area contributed by atoms with Crippen LogP contribution in [0.1, 0.15) is 38.5 Å². The second-order valence-corrected chi connectivity index (χ2v) is 10.6. The number of alkyl halides is 1. The van der Waals surface area contributed by atoms with Gasteiger partial charge in [-0.3, -0.25) is 20.3 Å². The van der Waals surface area contributed by atoms with Crippen LogP contribution in [0.25, 0.3) is 0 Å². The number of nitrogens with zero attached hydrogens (tertiary/aromatic N) is 2. The molecule has 1 saturated carbocycles. The number of halogens is 1. The van der Waals surface area contributed by atoms with E-state index in [1.54, 1.807) is 0 Å². The normalized spacial score (nSPS) is 44.8. The van der Waals surface area contributed by atoms with Crippen molar-refractivity contribution in [2.45, 2.75) is 74.4 Å². The van der Waals surface area contributed by atoms with E-state index in [4.69, 9.17) is 11.6 Å². The monoisotopic (exact) mass is 454 g/mol. The molecule has 176 valence electrons. The third-order valence-corrected chi connectivity index (χ3v) is 8.56. The minimum Gasteiger partial charge on any atom is -0.351 e. The highest BCUT2D eigenvalue weighted by Crippen LogP contribution is 2.39. The van der Waals surface area contributed by atoms with Crippen molar-refractivity contribution >= 4 is 17.5 Å². The summed E-state index contributed by atoms with van der Waals surface area (Å²) >= 11 is 6.65. The maximum atomic E-state index is 13.2. The highest BCUT2D eigenvalue weighted by Gasteiger charge is 2.45. The molecule has 8 atom stereocenters. The average molecular weight is 455 g/mol. The molecule has 0 aromatic heterocycles. The Bertz CT molecular complexity index is 633. The third kappa shape index (κ3) is 4.61. The number of rotatable bonds is 4. The Labute approximate surface area is 190 Å². The largest absolute Gasteiger partial charge is 0.351 e. The molecular weight excluding hydrogens is 416 g/mol. The molecule has 0 spiro atoms. The zero-order valence-electron chi connectivity index (χ0n) is 18.6. The average Bonchev–Trinajstić information content (AvgIpc) is 3.43. The lowest BCUT2D eigenvalue weighted by atomic mass is 9.70. The molecule has 4 heterocycles. The molecule has 10 heteroatoms. The Morgan fingerprint density at radius 3 is 2.52 bits per heavy atom. The predicted octanol–water partition coefficient (Wildman–Crippen LogP) is -0.879. The van der Waals surface area contributed by atoms with E-state index in [1.165, 1.54) is 32.1 Å². The number of fused-ring (bicyclic) bond motifs is 1. The van der Waals surface area contributed by atoms with Crippen molar-refractivity contribution in [3.63, 3.8) is 0 Å². The lowest BCUT2D eigenvalue weighted by molar-refractivity contribution is -0.126. The van der Waals surface area contributed by atoms with Gasteiger partial charge < -0.3 is 10.6 Å². The summed E-state index contributed by atoms with van der Waals surface area (Å²) in [5.74, 6) is 1.48. The predicted molar refractivity (Wildman–Crippen MR) is 121 cm³/mol. The molecule has 1 amide bonds. The van der Waals surface area contributed by atoms with Gasteiger partial charge in [-0.05, 0) is 57.5 Å². The van der Waals surface area contributed by atoms with Gasteiger partial charge in [0.1, 0.15) is 12.2 Å². The summed E-state index contributed by atoms with van der Waals surface area (Å²) in [4.78, 5) is 15.5. The first kappa shape index (κ1) is 22.3. The first-order valence-electron chi connectivity index (χ1n) is 12.2. The van der Waals surface area contributed by atoms with Crippen molar-refractivity contribution < 1.29 is 4.79 Å². The molecule has 5 fully saturated rings. The van der Waals surface area contributed by atoms with Gasteiger partial charge in [0.2, 0.25) is 5.91 Å². The number of nitrogens with one attached hydrogen (secondary N) is 6. The molecule has 6 N–H and O–H groups in total. The van der Waals surface area contributed by atoms with Crippen LogP contribution in [0.5, 0.6) is 0 Å². The van der Waals surface area contributed by atoms with Crippen molar-refractivity contribution in [2.75, 3.05) is 39.8 Å². The number of hydrogen-bond acceptors (Lipinski definition) is 8. The van der Waals surface area contributed by atoms with Crippen LogP contribution in [0.2, 0.25) is 0 Å². The molecule has 0 aromatic rings. The third-order valence-electron chi connectivity index (χ3n) is 8.14. The quantitative estimate of drug-likeness (QED) is 0.305. The van der Waals surface area contributed by atoms with E-state index in [0.717, 1.165) is 45.1 Å². The SMILES string of the molecule is CN1C(C(=O)NC2CNC(N3NCCN3)C(Cl)C2)CNC1C1CCCC2NCCCC21. The summed E-state index contributed by atoms with van der Waals surface area (Å²) in [6.45, 7) is 4.42. The van der Waals surface area contributed by atoms with E-state index >= 15 is 0 Å². The Hall–Kier alpha value is -0.520. The van der Waals surface area contributed by atoms with Gasteiger partial charge in [0, 0.05) is 38.3 Å². The molecule has 0 aromatic carbocycles. The van der Waals surface area contributed by atoms with Gasteiger partial charge >= 0.3 is 0 Å². The lowest BCUT2D eigenvalue weighted by Crippen LogP contribution is -2.65. The molecule has 0 bridgehead atoms. The van der Waals surface area contributed by atoms with Gasteiger partial charge in [-0.25, -0.2) is 10.9 Å². The molecule has 4 saturated heterocycles. The van der Waals surface area contributed by atoms with Crippen molar-refractivity contribution in [3.8, 4) is 0 Å². The molecule has 5 aliphatic rings. The minimum atomic E-state index is -0.115. The summed E-state index contributed by atoms with van der Waals surface area (Å²) in [5, 5.41) is 16.1. The Morgan fingerprint density at radius 2 is 1.71 bits per heavy atom.